The van der Waals surface area contributed by atoms with Crippen molar-refractivity contribution in [3.63, 3.8) is 0 Å². The summed E-state index contributed by atoms with van der Waals surface area (Å²) in [6.45, 7) is 5.39. The third-order valence-corrected chi connectivity index (χ3v) is 5.06. The van der Waals surface area contributed by atoms with Crippen molar-refractivity contribution in [1.29, 1.82) is 0 Å². The number of alkyl halides is 3. The van der Waals surface area contributed by atoms with Gasteiger partial charge < -0.3 is 5.32 Å². The van der Waals surface area contributed by atoms with Crippen LogP contribution in [0.4, 0.5) is 23.8 Å². The summed E-state index contributed by atoms with van der Waals surface area (Å²) in [7, 11) is 1.37. The third-order valence-electron chi connectivity index (χ3n) is 5.06. The van der Waals surface area contributed by atoms with Crippen LogP contribution in [0.15, 0.2) is 30.3 Å². The number of amides is 2. The van der Waals surface area contributed by atoms with Crippen molar-refractivity contribution in [3.05, 3.63) is 47.2 Å². The summed E-state index contributed by atoms with van der Waals surface area (Å²) in [5, 5.41) is 8.84. The number of carbonyl (C=O) groups excluding carboxylic acids is 1. The van der Waals surface area contributed by atoms with Gasteiger partial charge in [0.2, 0.25) is 0 Å². The predicted molar refractivity (Wildman–Crippen MR) is 91.9 cm³/mol. The number of halogens is 3. The number of urea groups is 1. The summed E-state index contributed by atoms with van der Waals surface area (Å²) in [5.41, 5.74) is -0.106. The predicted octanol–water partition coefficient (Wildman–Crippen LogP) is 4.06. The van der Waals surface area contributed by atoms with E-state index >= 15 is 0 Å². The largest absolute Gasteiger partial charge is 0.435 e. The molecule has 3 rings (SSSR count). The second kappa shape index (κ2) is 6.03. The van der Waals surface area contributed by atoms with Gasteiger partial charge in [0.25, 0.3) is 0 Å². The molecule has 1 heterocycles. The van der Waals surface area contributed by atoms with E-state index in [1.165, 1.54) is 14.0 Å². The third kappa shape index (κ3) is 3.15. The zero-order valence-corrected chi connectivity index (χ0v) is 15.0. The lowest BCUT2D eigenvalue weighted by molar-refractivity contribution is -0.141. The molecule has 26 heavy (non-hydrogen) atoms. The summed E-state index contributed by atoms with van der Waals surface area (Å²) >= 11 is 0. The van der Waals surface area contributed by atoms with Crippen molar-refractivity contribution in [2.24, 2.45) is 12.5 Å². The molecule has 0 spiro atoms. The number of aryl methyl sites for hydroxylation is 1. The maximum absolute atomic E-state index is 12.9. The standard InChI is InChI=1S/C18H21F3N4O/c1-10-13(18(19,20)21)24-25(4)15(10)23-16(26)22-14-12(17(14,2)3)11-8-6-5-7-9-11/h5-9,12,14H,1-4H3,(H2,22,23,26)/t12-,14-/m1/s1. The Bertz CT molecular complexity index is 827. The van der Waals surface area contributed by atoms with Crippen LogP contribution in [0.5, 0.6) is 0 Å². The van der Waals surface area contributed by atoms with Crippen LogP contribution in [0.3, 0.4) is 0 Å². The first-order valence-corrected chi connectivity index (χ1v) is 8.26. The molecule has 0 aliphatic heterocycles. The minimum absolute atomic E-state index is 0.0320. The maximum atomic E-state index is 12.9. The number of hydrogen-bond acceptors (Lipinski definition) is 2. The molecule has 140 valence electrons. The highest BCUT2D eigenvalue weighted by molar-refractivity contribution is 5.90. The molecular formula is C18H21F3N4O. The van der Waals surface area contributed by atoms with Crippen LogP contribution >= 0.6 is 0 Å². The zero-order chi connectivity index (χ0) is 19.3. The van der Waals surface area contributed by atoms with Crippen LogP contribution in [0, 0.1) is 12.3 Å². The topological polar surface area (TPSA) is 59.0 Å². The Morgan fingerprint density at radius 3 is 2.38 bits per heavy atom. The number of nitrogens with one attached hydrogen (secondary N) is 2. The van der Waals surface area contributed by atoms with E-state index in [2.05, 4.69) is 15.7 Å². The van der Waals surface area contributed by atoms with E-state index in [9.17, 15) is 18.0 Å². The van der Waals surface area contributed by atoms with E-state index in [0.717, 1.165) is 10.2 Å². The van der Waals surface area contributed by atoms with Crippen molar-refractivity contribution in [3.8, 4) is 0 Å². The monoisotopic (exact) mass is 366 g/mol. The lowest BCUT2D eigenvalue weighted by atomic mass is 10.0. The van der Waals surface area contributed by atoms with E-state index in [0.29, 0.717) is 0 Å². The number of anilines is 1. The van der Waals surface area contributed by atoms with Crippen LogP contribution < -0.4 is 10.6 Å². The molecule has 2 atom stereocenters. The summed E-state index contributed by atoms with van der Waals surface area (Å²) in [6.07, 6.45) is -4.56. The smallest absolute Gasteiger partial charge is 0.334 e. The lowest BCUT2D eigenvalue weighted by Crippen LogP contribution is -2.33. The Morgan fingerprint density at radius 2 is 1.85 bits per heavy atom. The average molecular weight is 366 g/mol. The molecule has 0 bridgehead atoms. The van der Waals surface area contributed by atoms with Crippen molar-refractivity contribution < 1.29 is 18.0 Å². The minimum atomic E-state index is -4.56. The van der Waals surface area contributed by atoms with E-state index in [4.69, 9.17) is 0 Å². The SMILES string of the molecule is Cc1c(C(F)(F)F)nn(C)c1NC(=O)N[C@@H]1[C@@H](c2ccccc2)C1(C)C. The molecule has 1 saturated carbocycles. The number of rotatable bonds is 3. The van der Waals surface area contributed by atoms with E-state index in [-0.39, 0.29) is 28.8 Å². The van der Waals surface area contributed by atoms with Gasteiger partial charge in [-0.25, -0.2) is 4.79 Å². The summed E-state index contributed by atoms with van der Waals surface area (Å²) in [4.78, 5) is 12.3. The Hall–Kier alpha value is -2.51. The summed E-state index contributed by atoms with van der Waals surface area (Å²) in [6, 6.07) is 9.19. The van der Waals surface area contributed by atoms with Crippen molar-refractivity contribution in [2.75, 3.05) is 5.32 Å². The molecule has 1 aromatic carbocycles. The zero-order valence-electron chi connectivity index (χ0n) is 15.0. The first-order valence-electron chi connectivity index (χ1n) is 8.26. The minimum Gasteiger partial charge on any atom is -0.334 e. The Morgan fingerprint density at radius 1 is 1.23 bits per heavy atom. The van der Waals surface area contributed by atoms with Gasteiger partial charge in [-0.1, -0.05) is 44.2 Å². The van der Waals surface area contributed by atoms with Crippen LogP contribution in [0.2, 0.25) is 0 Å². The fourth-order valence-electron chi connectivity index (χ4n) is 3.55. The molecule has 1 aliphatic carbocycles. The van der Waals surface area contributed by atoms with Crippen molar-refractivity contribution in [2.45, 2.75) is 38.9 Å². The number of benzene rings is 1. The first-order chi connectivity index (χ1) is 12.0. The van der Waals surface area contributed by atoms with Gasteiger partial charge in [-0.3, -0.25) is 10.00 Å². The number of nitrogens with zero attached hydrogens (tertiary/aromatic N) is 2. The fourth-order valence-corrected chi connectivity index (χ4v) is 3.55. The molecule has 1 fully saturated rings. The Balaban J connectivity index is 1.72. The maximum Gasteiger partial charge on any atom is 0.435 e. The first kappa shape index (κ1) is 18.3. The van der Waals surface area contributed by atoms with Crippen LogP contribution in [-0.2, 0) is 13.2 Å². The highest BCUT2D eigenvalue weighted by Gasteiger charge is 2.59. The van der Waals surface area contributed by atoms with Gasteiger partial charge in [-0.05, 0) is 17.9 Å². The molecule has 1 aliphatic rings. The van der Waals surface area contributed by atoms with Crippen LogP contribution in [0.1, 0.15) is 36.6 Å². The molecule has 0 unspecified atom stereocenters. The molecular weight excluding hydrogens is 345 g/mol. The van der Waals surface area contributed by atoms with Gasteiger partial charge in [-0.2, -0.15) is 18.3 Å². The fraction of sp³-hybridized carbons (Fsp3) is 0.444. The van der Waals surface area contributed by atoms with Gasteiger partial charge >= 0.3 is 12.2 Å². The van der Waals surface area contributed by atoms with Crippen LogP contribution in [0.25, 0.3) is 0 Å². The van der Waals surface area contributed by atoms with E-state index < -0.39 is 17.9 Å². The Kier molecular flexibility index (Phi) is 4.24. The van der Waals surface area contributed by atoms with Gasteiger partial charge in [0, 0.05) is 24.6 Å². The second-order valence-electron chi connectivity index (χ2n) is 7.23. The average Bonchev–Trinajstić information content (AvgIpc) is 2.95. The Labute approximate surface area is 149 Å². The quantitative estimate of drug-likeness (QED) is 0.861. The number of aromatic nitrogens is 2. The molecule has 1 aromatic heterocycles. The molecule has 2 aromatic rings. The molecule has 5 nitrogen and oxygen atoms in total. The van der Waals surface area contributed by atoms with Crippen molar-refractivity contribution >= 4 is 11.8 Å². The van der Waals surface area contributed by atoms with E-state index in [1.54, 1.807) is 0 Å². The van der Waals surface area contributed by atoms with E-state index in [1.807, 2.05) is 44.2 Å². The van der Waals surface area contributed by atoms with Crippen LogP contribution in [-0.4, -0.2) is 21.9 Å². The molecule has 8 heteroatoms. The molecule has 0 saturated heterocycles. The van der Waals surface area contributed by atoms with Gasteiger partial charge in [0.05, 0.1) is 0 Å². The number of carbonyl (C=O) groups is 1. The van der Waals surface area contributed by atoms with Gasteiger partial charge in [0.1, 0.15) is 5.82 Å². The summed E-state index contributed by atoms with van der Waals surface area (Å²) in [5.74, 6) is 0.192. The highest BCUT2D eigenvalue weighted by Crippen LogP contribution is 2.58. The van der Waals surface area contributed by atoms with Crippen molar-refractivity contribution in [1.82, 2.24) is 15.1 Å². The summed E-state index contributed by atoms with van der Waals surface area (Å²) < 4.78 is 39.8. The normalized spacial score (nSPS) is 21.3. The van der Waals surface area contributed by atoms with Gasteiger partial charge in [-0.15, -0.1) is 0 Å². The molecule has 2 N–H and O–H groups in total. The van der Waals surface area contributed by atoms with Gasteiger partial charge in [0.15, 0.2) is 5.69 Å². The lowest BCUT2D eigenvalue weighted by Gasteiger charge is -2.10. The highest BCUT2D eigenvalue weighted by atomic mass is 19.4. The second-order valence-corrected chi connectivity index (χ2v) is 7.23. The number of hydrogen-bond donors (Lipinski definition) is 2. The molecule has 0 radical (unpaired) electrons. The molecule has 2 amide bonds.